The van der Waals surface area contributed by atoms with Crippen molar-refractivity contribution in [2.24, 2.45) is 15.8 Å². The Morgan fingerprint density at radius 2 is 1.78 bits per heavy atom. The number of imide groups is 1. The Morgan fingerprint density at radius 3 is 2.35 bits per heavy atom. The van der Waals surface area contributed by atoms with Gasteiger partial charge < -0.3 is 11.1 Å². The van der Waals surface area contributed by atoms with Crippen molar-refractivity contribution in [1.82, 2.24) is 25.4 Å². The third-order valence-corrected chi connectivity index (χ3v) is 3.91. The lowest BCUT2D eigenvalue weighted by molar-refractivity contribution is -0.137. The molecule has 0 saturated carbocycles. The molecule has 4 N–H and O–H groups in total. The van der Waals surface area contributed by atoms with Crippen LogP contribution in [0, 0.1) is 0 Å². The Bertz CT molecular complexity index is 715. The Morgan fingerprint density at radius 1 is 1.13 bits per heavy atom. The van der Waals surface area contributed by atoms with E-state index in [1.165, 1.54) is 21.1 Å². The van der Waals surface area contributed by atoms with Crippen LogP contribution < -0.4 is 16.4 Å². The average molecular weight is 322 g/mol. The van der Waals surface area contributed by atoms with Gasteiger partial charge in [0.25, 0.3) is 11.8 Å². The van der Waals surface area contributed by atoms with Gasteiger partial charge in [-0.15, -0.1) is 0 Å². The highest BCUT2D eigenvalue weighted by atomic mass is 16.2. The summed E-state index contributed by atoms with van der Waals surface area (Å²) in [7, 11) is 3.97. The number of rotatable bonds is 1. The van der Waals surface area contributed by atoms with E-state index in [4.69, 9.17) is 5.73 Å². The van der Waals surface area contributed by atoms with Crippen molar-refractivity contribution in [3.05, 3.63) is 0 Å². The summed E-state index contributed by atoms with van der Waals surface area (Å²) in [5.41, 5.74) is 3.56. The Labute approximate surface area is 129 Å². The highest BCUT2D eigenvalue weighted by Gasteiger charge is 2.64. The van der Waals surface area contributed by atoms with Gasteiger partial charge in [-0.05, 0) is 0 Å². The minimum absolute atomic E-state index is 0.105. The third-order valence-electron chi connectivity index (χ3n) is 3.91. The summed E-state index contributed by atoms with van der Waals surface area (Å²) < 4.78 is 0. The van der Waals surface area contributed by atoms with E-state index in [0.717, 1.165) is 14.8 Å². The zero-order valence-corrected chi connectivity index (χ0v) is 12.5. The van der Waals surface area contributed by atoms with Crippen molar-refractivity contribution in [1.29, 1.82) is 0 Å². The molecule has 0 spiro atoms. The number of hydrogen-bond acceptors (Lipinski definition) is 7. The molecular formula is C11H14N8O4. The molecule has 3 aliphatic heterocycles. The second-order valence-corrected chi connectivity index (χ2v) is 5.30. The number of likely N-dealkylation sites (N-methyl/N-ethyl adjacent to an activating group) is 2. The van der Waals surface area contributed by atoms with Crippen LogP contribution in [0.1, 0.15) is 0 Å². The van der Waals surface area contributed by atoms with Gasteiger partial charge >= 0.3 is 12.1 Å². The van der Waals surface area contributed by atoms with Gasteiger partial charge in [0.2, 0.25) is 5.54 Å². The van der Waals surface area contributed by atoms with Crippen molar-refractivity contribution >= 4 is 35.7 Å². The summed E-state index contributed by atoms with van der Waals surface area (Å²) in [6, 6.07) is -2.74. The Kier molecular flexibility index (Phi) is 2.83. The molecule has 12 nitrogen and oxygen atoms in total. The number of fused-ring (bicyclic) bond motifs is 1. The number of hydrazone groups is 1. The van der Waals surface area contributed by atoms with Gasteiger partial charge in [-0.25, -0.2) is 19.6 Å². The number of aliphatic imine (C=N–C) groups is 1. The standard InChI is InChI=1S/C11H14N8O4/c1-17-6-11(7(21)18(2)10(17)23,15-9(22)19(3)16-6)4-5(20)14-8(12)13-4/h4H,1-3H3,(H,15,22)(H3,12,13,14,20)/t4-,11-/m1/s1. The molecule has 0 aromatic heterocycles. The van der Waals surface area contributed by atoms with Crippen LogP contribution in [0.2, 0.25) is 0 Å². The van der Waals surface area contributed by atoms with Crippen LogP contribution >= 0.6 is 0 Å². The summed E-state index contributed by atoms with van der Waals surface area (Å²) in [6.45, 7) is 0. The SMILES string of the molecule is CN1N=C2N(C)C(=O)N(C)C(=O)[C@]2([C@@H]2N=C(N)NC2=O)NC1=O. The molecule has 2 atom stereocenters. The number of carbonyl (C=O) groups excluding carboxylic acids is 4. The maximum absolute atomic E-state index is 12.8. The van der Waals surface area contributed by atoms with Gasteiger partial charge in [-0.3, -0.25) is 24.7 Å². The normalized spacial score (nSPS) is 30.7. The number of amides is 6. The quantitative estimate of drug-likeness (QED) is 0.470. The zero-order valence-electron chi connectivity index (χ0n) is 12.5. The van der Waals surface area contributed by atoms with Crippen LogP contribution in [0.5, 0.6) is 0 Å². The number of guanidine groups is 1. The molecule has 1 saturated heterocycles. The van der Waals surface area contributed by atoms with Crippen molar-refractivity contribution in [2.75, 3.05) is 21.1 Å². The van der Waals surface area contributed by atoms with Crippen molar-refractivity contribution in [3.63, 3.8) is 0 Å². The van der Waals surface area contributed by atoms with Gasteiger partial charge in [0.1, 0.15) is 0 Å². The lowest BCUT2D eigenvalue weighted by atomic mass is 9.84. The molecule has 3 heterocycles. The van der Waals surface area contributed by atoms with Crippen molar-refractivity contribution < 1.29 is 19.2 Å². The third kappa shape index (κ3) is 1.71. The van der Waals surface area contributed by atoms with E-state index in [2.05, 4.69) is 20.7 Å². The number of carbonyl (C=O) groups is 4. The smallest absolute Gasteiger partial charge is 0.338 e. The van der Waals surface area contributed by atoms with Gasteiger partial charge in [-0.1, -0.05) is 0 Å². The topological polar surface area (TPSA) is 153 Å². The fourth-order valence-corrected chi connectivity index (χ4v) is 2.75. The van der Waals surface area contributed by atoms with E-state index in [9.17, 15) is 19.2 Å². The number of nitrogens with one attached hydrogen (secondary N) is 2. The van der Waals surface area contributed by atoms with Crippen molar-refractivity contribution in [2.45, 2.75) is 11.6 Å². The minimum atomic E-state index is -1.94. The summed E-state index contributed by atoms with van der Waals surface area (Å²) in [5, 5.41) is 9.64. The first kappa shape index (κ1) is 14.7. The van der Waals surface area contributed by atoms with Gasteiger partial charge in [-0.2, -0.15) is 5.10 Å². The zero-order chi connectivity index (χ0) is 17.1. The number of urea groups is 2. The van der Waals surface area contributed by atoms with Gasteiger partial charge in [0, 0.05) is 21.1 Å². The van der Waals surface area contributed by atoms with Crippen LogP contribution in [-0.4, -0.2) is 83.2 Å². The van der Waals surface area contributed by atoms with Crippen molar-refractivity contribution in [3.8, 4) is 0 Å². The summed E-state index contributed by atoms with van der Waals surface area (Å²) in [4.78, 5) is 54.9. The summed E-state index contributed by atoms with van der Waals surface area (Å²) in [5.74, 6) is -1.79. The molecule has 0 aromatic carbocycles. The molecule has 3 rings (SSSR count). The first-order valence-electron chi connectivity index (χ1n) is 6.55. The molecule has 0 aromatic rings. The second kappa shape index (κ2) is 4.41. The summed E-state index contributed by atoms with van der Waals surface area (Å²) >= 11 is 0. The van der Waals surface area contributed by atoms with Crippen LogP contribution in [0.3, 0.4) is 0 Å². The molecular weight excluding hydrogens is 308 g/mol. The predicted octanol–water partition coefficient (Wildman–Crippen LogP) is -2.97. The maximum Gasteiger partial charge on any atom is 0.338 e. The van der Waals surface area contributed by atoms with E-state index in [1.54, 1.807) is 0 Å². The molecule has 1 fully saturated rings. The van der Waals surface area contributed by atoms with E-state index >= 15 is 0 Å². The molecule has 122 valence electrons. The fourth-order valence-electron chi connectivity index (χ4n) is 2.75. The predicted molar refractivity (Wildman–Crippen MR) is 75.9 cm³/mol. The Hall–Kier alpha value is -3.18. The molecule has 0 unspecified atom stereocenters. The van der Waals surface area contributed by atoms with Crippen LogP contribution in [-0.2, 0) is 9.59 Å². The van der Waals surface area contributed by atoms with E-state index in [0.29, 0.717) is 0 Å². The van der Waals surface area contributed by atoms with Crippen LogP contribution in [0.15, 0.2) is 10.1 Å². The number of nitrogens with zero attached hydrogens (tertiary/aromatic N) is 5. The monoisotopic (exact) mass is 322 g/mol. The van der Waals surface area contributed by atoms with Crippen LogP contribution in [0.25, 0.3) is 0 Å². The number of nitrogens with two attached hydrogens (primary N) is 1. The molecule has 0 bridgehead atoms. The number of hydrogen-bond donors (Lipinski definition) is 3. The highest BCUT2D eigenvalue weighted by molar-refractivity contribution is 6.29. The van der Waals surface area contributed by atoms with Gasteiger partial charge in [0.15, 0.2) is 17.8 Å². The second-order valence-electron chi connectivity index (χ2n) is 5.30. The highest BCUT2D eigenvalue weighted by Crippen LogP contribution is 2.30. The lowest BCUT2D eigenvalue weighted by Gasteiger charge is -2.47. The molecule has 0 aliphatic carbocycles. The Balaban J connectivity index is 2.25. The molecule has 6 amide bonds. The molecule has 3 aliphatic rings. The first-order valence-corrected chi connectivity index (χ1v) is 6.55. The van der Waals surface area contributed by atoms with Gasteiger partial charge in [0.05, 0.1) is 0 Å². The summed E-state index contributed by atoms with van der Waals surface area (Å²) in [6.07, 6.45) is 0. The first-order chi connectivity index (χ1) is 10.7. The molecule has 12 heteroatoms. The lowest BCUT2D eigenvalue weighted by Crippen LogP contribution is -2.80. The molecule has 0 radical (unpaired) electrons. The van der Waals surface area contributed by atoms with Crippen LogP contribution in [0.4, 0.5) is 9.59 Å². The van der Waals surface area contributed by atoms with E-state index < -0.39 is 35.5 Å². The maximum atomic E-state index is 12.8. The largest absolute Gasteiger partial charge is 0.370 e. The number of amidine groups is 1. The molecule has 23 heavy (non-hydrogen) atoms. The van der Waals surface area contributed by atoms with E-state index in [1.807, 2.05) is 0 Å². The van der Waals surface area contributed by atoms with E-state index in [-0.39, 0.29) is 11.8 Å². The average Bonchev–Trinajstić information content (AvgIpc) is 2.84. The minimum Gasteiger partial charge on any atom is -0.370 e. The fraction of sp³-hybridized carbons (Fsp3) is 0.455.